The second kappa shape index (κ2) is 22.6. The van der Waals surface area contributed by atoms with Crippen molar-refractivity contribution in [3.8, 4) is 17.6 Å². The molecule has 0 spiro atoms. The summed E-state index contributed by atoms with van der Waals surface area (Å²) in [5.74, 6) is 7.58. The molecule has 16 heteroatoms. The molecule has 7 rings (SSSR count). The molecule has 2 aliphatic carbocycles. The molecule has 2 bridgehead atoms. The van der Waals surface area contributed by atoms with Crippen LogP contribution in [0.25, 0.3) is 5.65 Å². The Morgan fingerprint density at radius 3 is 2.23 bits per heavy atom. The summed E-state index contributed by atoms with van der Waals surface area (Å²) in [7, 11) is 2.00. The zero-order chi connectivity index (χ0) is 44.9. The number of alkyl halides is 3. The highest BCUT2D eigenvalue weighted by molar-refractivity contribution is 6.04. The summed E-state index contributed by atoms with van der Waals surface area (Å²) in [6, 6.07) is 12.6. The van der Waals surface area contributed by atoms with Gasteiger partial charge in [0, 0.05) is 74.3 Å². The molecule has 3 heterocycles. The maximum Gasteiger partial charge on any atom is 0.416 e. The first-order valence-corrected chi connectivity index (χ1v) is 21.9. The topological polar surface area (TPSA) is 128 Å². The Kier molecular flexibility index (Phi) is 16.5. The number of aryl methyl sites for hydroxylation is 1. The third-order valence-corrected chi connectivity index (χ3v) is 11.7. The molecule has 0 unspecified atom stereocenters. The SMILES string of the molecule is Cc1ccc(C(=O)Nc2ccc(CN3CCN(C)CC3)c(C(F)(F)F)c2)cc1C#Cc1cnc2cc(OCCOCCOCCOCCOCCNC(=O)[C@H]3C[C@H]4C=C[C@@H]3C4)ccn12. The number of benzene rings is 2. The third kappa shape index (κ3) is 13.2. The van der Waals surface area contributed by atoms with E-state index in [1.54, 1.807) is 30.5 Å². The fourth-order valence-electron chi connectivity index (χ4n) is 8.12. The quantitative estimate of drug-likeness (QED) is 0.0600. The Morgan fingerprint density at radius 2 is 1.55 bits per heavy atom. The first-order valence-electron chi connectivity index (χ1n) is 21.9. The number of hydrogen-bond acceptors (Lipinski definition) is 10. The Labute approximate surface area is 372 Å². The van der Waals surface area contributed by atoms with Crippen molar-refractivity contribution in [2.24, 2.45) is 17.8 Å². The summed E-state index contributed by atoms with van der Waals surface area (Å²) in [5.41, 5.74) is 2.44. The third-order valence-electron chi connectivity index (χ3n) is 11.7. The van der Waals surface area contributed by atoms with Gasteiger partial charge >= 0.3 is 6.18 Å². The summed E-state index contributed by atoms with van der Waals surface area (Å²) >= 11 is 0. The van der Waals surface area contributed by atoms with E-state index in [1.807, 2.05) is 35.5 Å². The number of nitrogens with one attached hydrogen (secondary N) is 2. The van der Waals surface area contributed by atoms with Crippen molar-refractivity contribution in [1.29, 1.82) is 0 Å². The zero-order valence-electron chi connectivity index (χ0n) is 36.5. The number of fused-ring (bicyclic) bond motifs is 3. The summed E-state index contributed by atoms with van der Waals surface area (Å²) in [5, 5.41) is 5.63. The number of rotatable bonds is 21. The van der Waals surface area contributed by atoms with Crippen molar-refractivity contribution in [1.82, 2.24) is 24.5 Å². The number of anilines is 1. The second-order valence-electron chi connectivity index (χ2n) is 16.4. The predicted octanol–water partition coefficient (Wildman–Crippen LogP) is 5.83. The smallest absolute Gasteiger partial charge is 0.416 e. The average molecular weight is 887 g/mol. The van der Waals surface area contributed by atoms with E-state index in [9.17, 15) is 22.8 Å². The lowest BCUT2D eigenvalue weighted by atomic mass is 9.93. The number of likely N-dealkylation sites (N-methyl/N-ethyl adjacent to an activating group) is 1. The maximum absolute atomic E-state index is 14.1. The minimum absolute atomic E-state index is 0.0649. The van der Waals surface area contributed by atoms with E-state index in [4.69, 9.17) is 23.7 Å². The molecule has 342 valence electrons. The lowest BCUT2D eigenvalue weighted by Gasteiger charge is -2.33. The van der Waals surface area contributed by atoms with Gasteiger partial charge in [-0.2, -0.15) is 13.2 Å². The number of ether oxygens (including phenoxy) is 5. The molecule has 13 nitrogen and oxygen atoms in total. The van der Waals surface area contributed by atoms with E-state index in [0.29, 0.717) is 114 Å². The molecular formula is C48H57F3N6O7. The van der Waals surface area contributed by atoms with Crippen LogP contribution < -0.4 is 15.4 Å². The average Bonchev–Trinajstić information content (AvgIpc) is 4.04. The van der Waals surface area contributed by atoms with Crippen LogP contribution >= 0.6 is 0 Å². The van der Waals surface area contributed by atoms with Crippen molar-refractivity contribution >= 4 is 23.1 Å². The van der Waals surface area contributed by atoms with Crippen LogP contribution in [0.15, 0.2) is 73.1 Å². The lowest BCUT2D eigenvalue weighted by molar-refractivity contribution is -0.138. The molecule has 64 heavy (non-hydrogen) atoms. The summed E-state index contributed by atoms with van der Waals surface area (Å²) in [6.07, 6.45) is 5.38. The minimum atomic E-state index is -4.57. The van der Waals surface area contributed by atoms with Crippen molar-refractivity contribution in [3.05, 3.63) is 107 Å². The zero-order valence-corrected chi connectivity index (χ0v) is 36.5. The van der Waals surface area contributed by atoms with Gasteiger partial charge < -0.3 is 39.2 Å². The van der Waals surface area contributed by atoms with Crippen LogP contribution in [-0.4, -0.2) is 130 Å². The first-order chi connectivity index (χ1) is 31.0. The van der Waals surface area contributed by atoms with Crippen LogP contribution in [0.2, 0.25) is 0 Å². The molecule has 4 aromatic rings. The number of allylic oxidation sites excluding steroid dienone is 2. The summed E-state index contributed by atoms with van der Waals surface area (Å²) in [4.78, 5) is 34.2. The molecule has 2 amide bonds. The second-order valence-corrected chi connectivity index (χ2v) is 16.4. The fraction of sp³-hybridized carbons (Fsp3) is 0.479. The normalized spacial score (nSPS) is 18.6. The molecule has 1 saturated heterocycles. The van der Waals surface area contributed by atoms with Crippen LogP contribution in [-0.2, 0) is 36.5 Å². The van der Waals surface area contributed by atoms with E-state index < -0.39 is 17.6 Å². The standard InChI is InChI=1S/C48H57F3N6O7/c1-34-3-5-38(46(58)54-40-9-7-39(44(30-40)48(49,50)51)33-56-16-14-55(2)15-17-56)29-36(34)8-10-41-32-53-45-31-42(11-13-57(41)45)64-26-25-63-24-23-62-22-21-61-20-19-60-18-12-52-47(59)43-28-35-4-6-37(43)27-35/h3-7,9,11,13,29-32,35,37,43H,12,14-28,33H2,1-2H3,(H,52,59)(H,54,58)/t35-,37+,43-/m0/s1. The molecule has 2 aromatic carbocycles. The number of piperazine rings is 1. The number of imidazole rings is 1. The first kappa shape index (κ1) is 46.7. The highest BCUT2D eigenvalue weighted by atomic mass is 19.4. The Morgan fingerprint density at radius 1 is 0.828 bits per heavy atom. The van der Waals surface area contributed by atoms with Gasteiger partial charge in [0.05, 0.1) is 64.6 Å². The van der Waals surface area contributed by atoms with E-state index in [-0.39, 0.29) is 35.2 Å². The fourth-order valence-corrected chi connectivity index (χ4v) is 8.12. The highest BCUT2D eigenvalue weighted by Crippen LogP contribution is 2.43. The number of halogens is 3. The van der Waals surface area contributed by atoms with Crippen LogP contribution in [0.1, 0.15) is 51.1 Å². The predicted molar refractivity (Wildman–Crippen MR) is 235 cm³/mol. The van der Waals surface area contributed by atoms with Crippen LogP contribution in [0.5, 0.6) is 5.75 Å². The molecular weight excluding hydrogens is 830 g/mol. The van der Waals surface area contributed by atoms with Crippen molar-refractivity contribution in [2.75, 3.05) is 105 Å². The molecule has 1 saturated carbocycles. The molecule has 3 aliphatic rings. The van der Waals surface area contributed by atoms with E-state index >= 15 is 0 Å². The van der Waals surface area contributed by atoms with Gasteiger partial charge in [0.2, 0.25) is 5.91 Å². The van der Waals surface area contributed by atoms with E-state index in [1.165, 1.54) is 12.1 Å². The number of amides is 2. The number of aromatic nitrogens is 2. The van der Waals surface area contributed by atoms with Crippen LogP contribution in [0.4, 0.5) is 18.9 Å². The Hall–Kier alpha value is -5.28. The molecule has 2 N–H and O–H groups in total. The van der Waals surface area contributed by atoms with E-state index in [2.05, 4.69) is 44.5 Å². The Balaban J connectivity index is 0.777. The molecule has 0 radical (unpaired) electrons. The summed E-state index contributed by atoms with van der Waals surface area (Å²) < 4.78 is 72.4. The van der Waals surface area contributed by atoms with Gasteiger partial charge in [-0.25, -0.2) is 4.98 Å². The van der Waals surface area contributed by atoms with Gasteiger partial charge in [0.15, 0.2) is 0 Å². The van der Waals surface area contributed by atoms with Crippen molar-refractivity contribution < 1.29 is 46.4 Å². The summed E-state index contributed by atoms with van der Waals surface area (Å²) in [6.45, 7) is 9.36. The van der Waals surface area contributed by atoms with Gasteiger partial charge in [-0.05, 0) is 86.0 Å². The monoisotopic (exact) mass is 886 g/mol. The van der Waals surface area contributed by atoms with Crippen LogP contribution in [0, 0.1) is 36.5 Å². The molecule has 2 fully saturated rings. The lowest BCUT2D eigenvalue weighted by Crippen LogP contribution is -2.44. The van der Waals surface area contributed by atoms with Gasteiger partial charge in [0.25, 0.3) is 5.91 Å². The largest absolute Gasteiger partial charge is 0.491 e. The van der Waals surface area contributed by atoms with Gasteiger partial charge in [0.1, 0.15) is 23.7 Å². The van der Waals surface area contributed by atoms with Crippen molar-refractivity contribution in [2.45, 2.75) is 32.5 Å². The molecule has 1 aliphatic heterocycles. The number of carbonyl (C=O) groups is 2. The number of pyridine rings is 1. The molecule has 3 atom stereocenters. The maximum atomic E-state index is 14.1. The van der Waals surface area contributed by atoms with E-state index in [0.717, 1.165) is 37.6 Å². The van der Waals surface area contributed by atoms with Crippen molar-refractivity contribution in [3.63, 3.8) is 0 Å². The highest BCUT2D eigenvalue weighted by Gasteiger charge is 2.39. The van der Waals surface area contributed by atoms with Gasteiger partial charge in [-0.15, -0.1) is 0 Å². The van der Waals surface area contributed by atoms with Crippen LogP contribution in [0.3, 0.4) is 0 Å². The number of carbonyl (C=O) groups excluding carboxylic acids is 2. The minimum Gasteiger partial charge on any atom is -0.491 e. The molecule has 2 aromatic heterocycles. The van der Waals surface area contributed by atoms with Gasteiger partial charge in [-0.3, -0.25) is 18.9 Å². The Bertz CT molecular complexity index is 2300. The number of nitrogens with zero attached hydrogens (tertiary/aromatic N) is 4. The van der Waals surface area contributed by atoms with Gasteiger partial charge in [-0.1, -0.05) is 30.2 Å². The number of hydrogen-bond donors (Lipinski definition) is 2.